The Morgan fingerprint density at radius 1 is 1.14 bits per heavy atom. The third-order valence-corrected chi connectivity index (χ3v) is 5.16. The van der Waals surface area contributed by atoms with Crippen LogP contribution in [0.5, 0.6) is 0 Å². The summed E-state index contributed by atoms with van der Waals surface area (Å²) in [7, 11) is 0. The highest BCUT2D eigenvalue weighted by Crippen LogP contribution is 2.18. The van der Waals surface area contributed by atoms with E-state index in [9.17, 15) is 4.79 Å². The summed E-state index contributed by atoms with van der Waals surface area (Å²) < 4.78 is 0. The topological polar surface area (TPSA) is 29.1 Å². The number of nitrogens with one attached hydrogen (secondary N) is 1. The van der Waals surface area contributed by atoms with Crippen LogP contribution in [-0.2, 0) is 10.5 Å². The maximum Gasteiger partial charge on any atom is 0.221 e. The summed E-state index contributed by atoms with van der Waals surface area (Å²) in [6.07, 6.45) is 8.10. The number of hydrogen-bond donors (Lipinski definition) is 1. The number of benzene rings is 1. The normalized spacial score (nSPS) is 16.4. The molecule has 2 nitrogen and oxygen atoms in total. The van der Waals surface area contributed by atoms with Crippen molar-refractivity contribution in [1.82, 2.24) is 5.32 Å². The highest BCUT2D eigenvalue weighted by Gasteiger charge is 2.14. The molecule has 1 saturated carbocycles. The van der Waals surface area contributed by atoms with Crippen molar-refractivity contribution in [2.45, 2.75) is 56.7 Å². The van der Waals surface area contributed by atoms with Crippen LogP contribution in [0.25, 0.3) is 0 Å². The second-order valence-corrected chi connectivity index (χ2v) is 7.23. The zero-order valence-electron chi connectivity index (χ0n) is 12.4. The van der Waals surface area contributed by atoms with Gasteiger partial charge in [-0.2, -0.15) is 11.8 Å². The van der Waals surface area contributed by atoms with E-state index in [1.54, 1.807) is 11.8 Å². The first-order valence-electron chi connectivity index (χ1n) is 7.85. The van der Waals surface area contributed by atoms with E-state index in [1.165, 1.54) is 31.2 Å². The fraction of sp³-hybridized carbons (Fsp3) is 0.588. The lowest BCUT2D eigenvalue weighted by molar-refractivity contribution is -0.121. The van der Waals surface area contributed by atoms with E-state index < -0.39 is 0 Å². The van der Waals surface area contributed by atoms with Crippen molar-refractivity contribution in [1.29, 1.82) is 0 Å². The molecular formula is C17H24ClNOS. The summed E-state index contributed by atoms with van der Waals surface area (Å²) in [5, 5.41) is 3.97. The van der Waals surface area contributed by atoms with Gasteiger partial charge in [0.15, 0.2) is 0 Å². The van der Waals surface area contributed by atoms with Crippen LogP contribution in [0, 0.1) is 0 Å². The summed E-state index contributed by atoms with van der Waals surface area (Å²) in [5.74, 6) is 2.03. The molecule has 0 unspecified atom stereocenters. The van der Waals surface area contributed by atoms with E-state index in [-0.39, 0.29) is 5.91 Å². The van der Waals surface area contributed by atoms with Crippen molar-refractivity contribution in [3.63, 3.8) is 0 Å². The van der Waals surface area contributed by atoms with E-state index in [2.05, 4.69) is 5.32 Å². The molecule has 4 heteroatoms. The van der Waals surface area contributed by atoms with Gasteiger partial charge in [-0.15, -0.1) is 0 Å². The fourth-order valence-corrected chi connectivity index (χ4v) is 3.69. The van der Waals surface area contributed by atoms with E-state index in [1.807, 2.05) is 24.3 Å². The predicted molar refractivity (Wildman–Crippen MR) is 91.9 cm³/mol. The number of carbonyl (C=O) groups is 1. The molecule has 0 atom stereocenters. The zero-order valence-corrected chi connectivity index (χ0v) is 14.0. The molecule has 0 aromatic heterocycles. The minimum Gasteiger partial charge on any atom is -0.353 e. The molecule has 1 amide bonds. The number of rotatable bonds is 6. The van der Waals surface area contributed by atoms with Crippen LogP contribution in [0.1, 0.15) is 50.5 Å². The Bertz CT molecular complexity index is 427. The molecule has 1 N–H and O–H groups in total. The third-order valence-electron chi connectivity index (χ3n) is 3.88. The minimum absolute atomic E-state index is 0.213. The van der Waals surface area contributed by atoms with E-state index in [0.29, 0.717) is 12.5 Å². The summed E-state index contributed by atoms with van der Waals surface area (Å²) in [5.41, 5.74) is 1.26. The number of thioether (sulfide) groups is 1. The Balaban J connectivity index is 1.59. The van der Waals surface area contributed by atoms with Crippen LogP contribution in [0.2, 0.25) is 5.02 Å². The molecule has 0 radical (unpaired) electrons. The molecule has 1 aromatic carbocycles. The molecule has 0 saturated heterocycles. The first kappa shape index (κ1) is 16.7. The van der Waals surface area contributed by atoms with Gasteiger partial charge in [0.05, 0.1) is 0 Å². The average Bonchev–Trinajstić information content (AvgIpc) is 2.74. The van der Waals surface area contributed by atoms with Gasteiger partial charge >= 0.3 is 0 Å². The molecule has 1 aromatic rings. The van der Waals surface area contributed by atoms with Crippen molar-refractivity contribution in [3.05, 3.63) is 34.9 Å². The second kappa shape index (κ2) is 9.37. The van der Waals surface area contributed by atoms with Crippen LogP contribution in [0.15, 0.2) is 24.3 Å². The molecule has 0 spiro atoms. The zero-order chi connectivity index (χ0) is 14.9. The van der Waals surface area contributed by atoms with Crippen LogP contribution in [0.3, 0.4) is 0 Å². The molecule has 0 heterocycles. The first-order valence-corrected chi connectivity index (χ1v) is 9.39. The first-order chi connectivity index (χ1) is 10.2. The van der Waals surface area contributed by atoms with Crippen molar-refractivity contribution in [3.8, 4) is 0 Å². The Labute approximate surface area is 137 Å². The number of halogens is 1. The SMILES string of the molecule is O=C(CCSCc1ccc(Cl)cc1)NC1CCCCCC1. The highest BCUT2D eigenvalue weighted by atomic mass is 35.5. The number of hydrogen-bond acceptors (Lipinski definition) is 2. The third kappa shape index (κ3) is 6.75. The summed E-state index contributed by atoms with van der Waals surface area (Å²) in [6.45, 7) is 0. The van der Waals surface area contributed by atoms with Crippen LogP contribution in [-0.4, -0.2) is 17.7 Å². The van der Waals surface area contributed by atoms with Crippen molar-refractivity contribution < 1.29 is 4.79 Å². The van der Waals surface area contributed by atoms with Gasteiger partial charge in [0.1, 0.15) is 0 Å². The van der Waals surface area contributed by atoms with E-state index in [4.69, 9.17) is 11.6 Å². The molecular weight excluding hydrogens is 302 g/mol. The van der Waals surface area contributed by atoms with Crippen molar-refractivity contribution >= 4 is 29.3 Å². The number of amides is 1. The van der Waals surface area contributed by atoms with Gasteiger partial charge in [-0.25, -0.2) is 0 Å². The summed E-state index contributed by atoms with van der Waals surface area (Å²) >= 11 is 7.66. The lowest BCUT2D eigenvalue weighted by Crippen LogP contribution is -2.34. The lowest BCUT2D eigenvalue weighted by Gasteiger charge is -2.16. The largest absolute Gasteiger partial charge is 0.353 e. The Morgan fingerprint density at radius 3 is 2.48 bits per heavy atom. The van der Waals surface area contributed by atoms with Gasteiger partial charge in [-0.05, 0) is 30.5 Å². The average molecular weight is 326 g/mol. The highest BCUT2D eigenvalue weighted by molar-refractivity contribution is 7.98. The second-order valence-electron chi connectivity index (χ2n) is 5.69. The van der Waals surface area contributed by atoms with Crippen LogP contribution < -0.4 is 5.32 Å². The van der Waals surface area contributed by atoms with Crippen molar-refractivity contribution in [2.75, 3.05) is 5.75 Å². The van der Waals surface area contributed by atoms with E-state index >= 15 is 0 Å². The monoisotopic (exact) mass is 325 g/mol. The van der Waals surface area contributed by atoms with Crippen LogP contribution in [0.4, 0.5) is 0 Å². The molecule has 1 fully saturated rings. The Kier molecular flexibility index (Phi) is 7.45. The lowest BCUT2D eigenvalue weighted by atomic mass is 10.1. The molecule has 2 rings (SSSR count). The molecule has 0 aliphatic heterocycles. The van der Waals surface area contributed by atoms with Gasteiger partial charge in [-0.1, -0.05) is 49.4 Å². The van der Waals surface area contributed by atoms with Crippen LogP contribution >= 0.6 is 23.4 Å². The Hall–Kier alpha value is -0.670. The standard InChI is InChI=1S/C17H24ClNOS/c18-15-9-7-14(8-10-15)13-21-12-11-17(20)19-16-5-3-1-2-4-6-16/h7-10,16H,1-6,11-13H2,(H,19,20). The molecule has 1 aliphatic rings. The van der Waals surface area contributed by atoms with Gasteiger partial charge in [0, 0.05) is 29.0 Å². The molecule has 0 bridgehead atoms. The maximum atomic E-state index is 11.9. The number of carbonyl (C=O) groups excluding carboxylic acids is 1. The minimum atomic E-state index is 0.213. The van der Waals surface area contributed by atoms with Gasteiger partial charge in [0.2, 0.25) is 5.91 Å². The predicted octanol–water partition coefficient (Wildman–Crippen LogP) is 4.80. The van der Waals surface area contributed by atoms with Crippen molar-refractivity contribution in [2.24, 2.45) is 0 Å². The van der Waals surface area contributed by atoms with Gasteiger partial charge < -0.3 is 5.32 Å². The molecule has 116 valence electrons. The Morgan fingerprint density at radius 2 is 1.81 bits per heavy atom. The molecule has 21 heavy (non-hydrogen) atoms. The molecule has 1 aliphatic carbocycles. The fourth-order valence-electron chi connectivity index (χ4n) is 2.66. The maximum absolute atomic E-state index is 11.9. The van der Waals surface area contributed by atoms with E-state index in [0.717, 1.165) is 29.4 Å². The van der Waals surface area contributed by atoms with Gasteiger partial charge in [-0.3, -0.25) is 4.79 Å². The summed E-state index contributed by atoms with van der Waals surface area (Å²) in [4.78, 5) is 11.9. The quantitative estimate of drug-likeness (QED) is 0.601. The summed E-state index contributed by atoms with van der Waals surface area (Å²) in [6, 6.07) is 8.33. The smallest absolute Gasteiger partial charge is 0.221 e. The van der Waals surface area contributed by atoms with Gasteiger partial charge in [0.25, 0.3) is 0 Å².